The van der Waals surface area contributed by atoms with Crippen molar-refractivity contribution in [3.8, 4) is 22.3 Å². The molecule has 35 heavy (non-hydrogen) atoms. The summed E-state index contributed by atoms with van der Waals surface area (Å²) in [5.74, 6) is 0.237. The summed E-state index contributed by atoms with van der Waals surface area (Å²) in [7, 11) is 0. The van der Waals surface area contributed by atoms with Gasteiger partial charge in [0, 0.05) is 0 Å². The molecule has 3 aromatic carbocycles. The van der Waals surface area contributed by atoms with Crippen LogP contribution in [0.15, 0.2) is 72.8 Å². The first-order valence-electron chi connectivity index (χ1n) is 13.5. The Morgan fingerprint density at radius 2 is 1.40 bits per heavy atom. The molecule has 1 atom stereocenters. The van der Waals surface area contributed by atoms with Crippen LogP contribution >= 0.6 is 0 Å². The Hall–Kier alpha value is -2.87. The normalized spacial score (nSPS) is 11.9. The van der Waals surface area contributed by atoms with Gasteiger partial charge in [0.25, 0.3) is 0 Å². The molecule has 0 heterocycles. The summed E-state index contributed by atoms with van der Waals surface area (Å²) in [4.78, 5) is 12.4. The van der Waals surface area contributed by atoms with Gasteiger partial charge >= 0.3 is 5.97 Å². The number of unbranched alkanes of at least 4 members (excludes halogenated alkanes) is 5. The quantitative estimate of drug-likeness (QED) is 0.173. The third kappa shape index (κ3) is 8.69. The number of carbonyl (C=O) groups excluding carboxylic acids is 1. The van der Waals surface area contributed by atoms with Crippen LogP contribution in [0, 0.1) is 5.92 Å². The number of ether oxygens (including phenoxy) is 1. The van der Waals surface area contributed by atoms with Gasteiger partial charge in [0.15, 0.2) is 0 Å². The van der Waals surface area contributed by atoms with E-state index in [0.29, 0.717) is 18.9 Å². The topological polar surface area (TPSA) is 26.3 Å². The molecule has 3 aromatic rings. The molecule has 0 aliphatic rings. The Bertz CT molecular complexity index is 1020. The van der Waals surface area contributed by atoms with Gasteiger partial charge in [0.05, 0.1) is 13.0 Å². The lowest BCUT2D eigenvalue weighted by Crippen LogP contribution is -2.13. The van der Waals surface area contributed by atoms with Crippen LogP contribution in [-0.4, -0.2) is 12.6 Å². The second-order valence-corrected chi connectivity index (χ2v) is 9.83. The van der Waals surface area contributed by atoms with Crippen LogP contribution in [0.1, 0.15) is 76.8 Å². The maximum atomic E-state index is 12.4. The molecule has 186 valence electrons. The lowest BCUT2D eigenvalue weighted by molar-refractivity contribution is -0.144. The van der Waals surface area contributed by atoms with Gasteiger partial charge in [-0.25, -0.2) is 0 Å². The van der Waals surface area contributed by atoms with Crippen LogP contribution < -0.4 is 0 Å². The molecule has 0 spiro atoms. The number of rotatable bonds is 14. The minimum absolute atomic E-state index is 0.156. The van der Waals surface area contributed by atoms with Crippen molar-refractivity contribution in [3.05, 3.63) is 83.9 Å². The van der Waals surface area contributed by atoms with Gasteiger partial charge in [-0.15, -0.1) is 0 Å². The molecule has 0 radical (unpaired) electrons. The smallest absolute Gasteiger partial charge is 0.310 e. The molecular weight excluding hydrogens is 428 g/mol. The SMILES string of the molecule is CCCCCCCCc1ccc(-c2ccc(CC(=O)OCC(C)CC)cc2-c2ccccc2)cc1. The highest BCUT2D eigenvalue weighted by atomic mass is 16.5. The van der Waals surface area contributed by atoms with Gasteiger partial charge in [-0.05, 0) is 58.2 Å². The molecule has 0 aliphatic carbocycles. The van der Waals surface area contributed by atoms with Crippen molar-refractivity contribution in [1.29, 1.82) is 0 Å². The predicted molar refractivity (Wildman–Crippen MR) is 149 cm³/mol. The average molecular weight is 471 g/mol. The zero-order valence-corrected chi connectivity index (χ0v) is 21.9. The fraction of sp³-hybridized carbons (Fsp3) is 0.424. The van der Waals surface area contributed by atoms with Crippen molar-refractivity contribution >= 4 is 5.97 Å². The zero-order valence-electron chi connectivity index (χ0n) is 21.9. The number of hydrogen-bond acceptors (Lipinski definition) is 2. The number of benzene rings is 3. The van der Waals surface area contributed by atoms with Crippen LogP contribution in [-0.2, 0) is 22.4 Å². The van der Waals surface area contributed by atoms with Gasteiger partial charge in [-0.2, -0.15) is 0 Å². The summed E-state index contributed by atoms with van der Waals surface area (Å²) < 4.78 is 5.49. The highest BCUT2D eigenvalue weighted by Crippen LogP contribution is 2.33. The molecule has 0 aliphatic heterocycles. The molecule has 2 nitrogen and oxygen atoms in total. The van der Waals surface area contributed by atoms with E-state index < -0.39 is 0 Å². The molecular formula is C33H42O2. The van der Waals surface area contributed by atoms with Crippen molar-refractivity contribution < 1.29 is 9.53 Å². The van der Waals surface area contributed by atoms with Crippen molar-refractivity contribution in [2.45, 2.75) is 78.6 Å². The Labute approximate surface area is 212 Å². The van der Waals surface area contributed by atoms with Crippen LogP contribution in [0.2, 0.25) is 0 Å². The Balaban J connectivity index is 1.73. The van der Waals surface area contributed by atoms with Crippen molar-refractivity contribution in [2.24, 2.45) is 5.92 Å². The molecule has 1 unspecified atom stereocenters. The van der Waals surface area contributed by atoms with Crippen LogP contribution in [0.25, 0.3) is 22.3 Å². The number of hydrogen-bond donors (Lipinski definition) is 0. The van der Waals surface area contributed by atoms with Crippen LogP contribution in [0.4, 0.5) is 0 Å². The molecule has 0 bridgehead atoms. The van der Waals surface area contributed by atoms with Gasteiger partial charge in [-0.1, -0.05) is 126 Å². The molecule has 0 saturated carbocycles. The highest BCUT2D eigenvalue weighted by Gasteiger charge is 2.12. The first-order chi connectivity index (χ1) is 17.1. The fourth-order valence-electron chi connectivity index (χ4n) is 4.34. The number of carbonyl (C=O) groups is 1. The summed E-state index contributed by atoms with van der Waals surface area (Å²) in [6.45, 7) is 6.98. The monoisotopic (exact) mass is 470 g/mol. The average Bonchev–Trinajstić information content (AvgIpc) is 2.90. The molecule has 2 heteroatoms. The summed E-state index contributed by atoms with van der Waals surface area (Å²) in [5.41, 5.74) is 7.11. The predicted octanol–water partition coefficient (Wildman–Crippen LogP) is 9.06. The number of aryl methyl sites for hydroxylation is 1. The summed E-state index contributed by atoms with van der Waals surface area (Å²) in [6, 6.07) is 25.9. The maximum Gasteiger partial charge on any atom is 0.310 e. The second kappa shape index (κ2) is 14.5. The third-order valence-electron chi connectivity index (χ3n) is 6.83. The van der Waals surface area contributed by atoms with E-state index in [-0.39, 0.29) is 5.97 Å². The van der Waals surface area contributed by atoms with Crippen LogP contribution in [0.5, 0.6) is 0 Å². The first kappa shape index (κ1) is 26.7. The van der Waals surface area contributed by atoms with E-state index in [1.165, 1.54) is 55.2 Å². The van der Waals surface area contributed by atoms with E-state index in [1.54, 1.807) is 0 Å². The molecule has 0 saturated heterocycles. The molecule has 0 amide bonds. The minimum atomic E-state index is -0.156. The van der Waals surface area contributed by atoms with Gasteiger partial charge < -0.3 is 4.74 Å². The van der Waals surface area contributed by atoms with Gasteiger partial charge in [0.1, 0.15) is 0 Å². The number of esters is 1. The highest BCUT2D eigenvalue weighted by molar-refractivity contribution is 5.85. The Kier molecular flexibility index (Phi) is 11.1. The summed E-state index contributed by atoms with van der Waals surface area (Å²) in [5, 5.41) is 0. The van der Waals surface area contributed by atoms with Gasteiger partial charge in [0.2, 0.25) is 0 Å². The van der Waals surface area contributed by atoms with E-state index in [9.17, 15) is 4.79 Å². The van der Waals surface area contributed by atoms with Crippen molar-refractivity contribution in [1.82, 2.24) is 0 Å². The Morgan fingerprint density at radius 1 is 0.743 bits per heavy atom. The zero-order chi connectivity index (χ0) is 24.9. The lowest BCUT2D eigenvalue weighted by Gasteiger charge is -2.14. The minimum Gasteiger partial charge on any atom is -0.465 e. The van der Waals surface area contributed by atoms with Gasteiger partial charge in [-0.3, -0.25) is 4.79 Å². The summed E-state index contributed by atoms with van der Waals surface area (Å²) in [6.07, 6.45) is 10.4. The Morgan fingerprint density at radius 3 is 2.11 bits per heavy atom. The second-order valence-electron chi connectivity index (χ2n) is 9.83. The molecule has 0 fully saturated rings. The van der Waals surface area contributed by atoms with E-state index in [2.05, 4.69) is 87.5 Å². The van der Waals surface area contributed by atoms with E-state index in [4.69, 9.17) is 4.74 Å². The summed E-state index contributed by atoms with van der Waals surface area (Å²) >= 11 is 0. The lowest BCUT2D eigenvalue weighted by atomic mass is 9.91. The van der Waals surface area contributed by atoms with E-state index in [1.807, 2.05) is 6.07 Å². The third-order valence-corrected chi connectivity index (χ3v) is 6.83. The molecule has 0 aromatic heterocycles. The van der Waals surface area contributed by atoms with Crippen LogP contribution in [0.3, 0.4) is 0 Å². The van der Waals surface area contributed by atoms with E-state index in [0.717, 1.165) is 29.5 Å². The van der Waals surface area contributed by atoms with E-state index >= 15 is 0 Å². The maximum absolute atomic E-state index is 12.4. The van der Waals surface area contributed by atoms with Crippen molar-refractivity contribution in [3.63, 3.8) is 0 Å². The fourth-order valence-corrected chi connectivity index (χ4v) is 4.34. The molecule has 0 N–H and O–H groups in total. The largest absolute Gasteiger partial charge is 0.465 e. The first-order valence-corrected chi connectivity index (χ1v) is 13.5. The standard InChI is InChI=1S/C33H42O2/c1-4-6-7-8-9-11-14-27-17-20-30(21-18-27)31-22-19-28(24-33(34)35-25-26(3)5-2)23-32(31)29-15-12-10-13-16-29/h10,12-13,15-23,26H,4-9,11,14,24-25H2,1-3H3. The molecule has 3 rings (SSSR count). The van der Waals surface area contributed by atoms with Crippen molar-refractivity contribution in [2.75, 3.05) is 6.61 Å².